The standard InChI is InChI=1S/C26H30N8O2S/c1-5-11-33-25(35)21-16-27-26(28-19-14-17(2)20-10-13-32(3)12-9-18(20)15-19)30-24(21)34(33)23-8-6-7-22(29-23)31-37(4)36/h5-8,14-16,37H,1,9-13H2,2-4H3,(H,27,28,30). The van der Waals surface area contributed by atoms with Crippen LogP contribution in [0.5, 0.6) is 0 Å². The van der Waals surface area contributed by atoms with Crippen LogP contribution in [0.3, 0.4) is 0 Å². The zero-order valence-electron chi connectivity index (χ0n) is 21.2. The van der Waals surface area contributed by atoms with Crippen molar-refractivity contribution in [3.8, 4) is 5.82 Å². The summed E-state index contributed by atoms with van der Waals surface area (Å²) in [5, 5.41) is 3.70. The summed E-state index contributed by atoms with van der Waals surface area (Å²) in [6.45, 7) is 8.25. The van der Waals surface area contributed by atoms with Crippen molar-refractivity contribution >= 4 is 39.1 Å². The van der Waals surface area contributed by atoms with E-state index in [-0.39, 0.29) is 12.1 Å². The molecule has 3 aromatic heterocycles. The number of nitrogens with one attached hydrogen (secondary N) is 1. The summed E-state index contributed by atoms with van der Waals surface area (Å²) in [6.07, 6.45) is 6.70. The van der Waals surface area contributed by atoms with Crippen LogP contribution in [0.25, 0.3) is 16.9 Å². The first-order valence-electron chi connectivity index (χ1n) is 12.1. The van der Waals surface area contributed by atoms with Crippen LogP contribution in [0.15, 0.2) is 58.3 Å². The molecular weight excluding hydrogens is 488 g/mol. The first-order valence-corrected chi connectivity index (χ1v) is 13.8. The van der Waals surface area contributed by atoms with Gasteiger partial charge in [-0.15, -0.1) is 6.58 Å². The molecule has 192 valence electrons. The molecule has 37 heavy (non-hydrogen) atoms. The lowest BCUT2D eigenvalue weighted by Crippen LogP contribution is -2.22. The number of nitrogens with zero attached hydrogens (tertiary/aromatic N) is 7. The molecule has 1 N–H and O–H groups in total. The molecule has 5 rings (SSSR count). The van der Waals surface area contributed by atoms with Crippen LogP contribution in [-0.4, -0.2) is 59.8 Å². The lowest BCUT2D eigenvalue weighted by atomic mass is 9.97. The fourth-order valence-electron chi connectivity index (χ4n) is 4.74. The molecule has 0 amide bonds. The number of pyridine rings is 1. The summed E-state index contributed by atoms with van der Waals surface area (Å²) in [5.74, 6) is 1.13. The predicted octanol–water partition coefficient (Wildman–Crippen LogP) is 3.17. The van der Waals surface area contributed by atoms with E-state index in [2.05, 4.69) is 57.2 Å². The second-order valence-corrected chi connectivity index (χ2v) is 10.3. The molecule has 0 radical (unpaired) electrons. The second kappa shape index (κ2) is 10.3. The van der Waals surface area contributed by atoms with Gasteiger partial charge in [0.25, 0.3) is 5.56 Å². The third-order valence-corrected chi connectivity index (χ3v) is 6.97. The summed E-state index contributed by atoms with van der Waals surface area (Å²) in [4.78, 5) is 29.2. The highest BCUT2D eigenvalue weighted by molar-refractivity contribution is 7.74. The van der Waals surface area contributed by atoms with E-state index in [0.717, 1.165) is 31.6 Å². The van der Waals surface area contributed by atoms with Gasteiger partial charge < -0.3 is 10.2 Å². The van der Waals surface area contributed by atoms with E-state index in [9.17, 15) is 9.00 Å². The Bertz CT molecular complexity index is 1650. The summed E-state index contributed by atoms with van der Waals surface area (Å²) in [7, 11) is 0.389. The molecule has 1 aliphatic heterocycles. The van der Waals surface area contributed by atoms with E-state index >= 15 is 0 Å². The molecule has 0 saturated carbocycles. The van der Waals surface area contributed by atoms with Gasteiger partial charge in [0.05, 0.1) is 6.54 Å². The number of aromatic nitrogens is 5. The summed E-state index contributed by atoms with van der Waals surface area (Å²) < 4.78 is 18.8. The van der Waals surface area contributed by atoms with Gasteiger partial charge in [0, 0.05) is 41.8 Å². The molecule has 1 aromatic carbocycles. The molecule has 0 fully saturated rings. The fourth-order valence-corrected chi connectivity index (χ4v) is 5.14. The first kappa shape index (κ1) is 24.8. The van der Waals surface area contributed by atoms with Gasteiger partial charge in [-0.25, -0.2) is 19.3 Å². The van der Waals surface area contributed by atoms with Gasteiger partial charge >= 0.3 is 0 Å². The highest BCUT2D eigenvalue weighted by atomic mass is 32.2. The third kappa shape index (κ3) is 5.05. The minimum Gasteiger partial charge on any atom is -0.324 e. The van der Waals surface area contributed by atoms with Crippen molar-refractivity contribution in [2.75, 3.05) is 31.7 Å². The summed E-state index contributed by atoms with van der Waals surface area (Å²) in [6, 6.07) is 9.46. The molecule has 0 aliphatic carbocycles. The Morgan fingerprint density at radius 2 is 2.03 bits per heavy atom. The van der Waals surface area contributed by atoms with Gasteiger partial charge in [-0.3, -0.25) is 9.00 Å². The Morgan fingerprint density at radius 1 is 1.22 bits per heavy atom. The number of likely N-dealkylation sites (N-methyl/N-ethyl adjacent to an activating group) is 1. The number of anilines is 2. The van der Waals surface area contributed by atoms with Crippen molar-refractivity contribution in [3.05, 3.63) is 76.2 Å². The minimum absolute atomic E-state index is 0.251. The van der Waals surface area contributed by atoms with Crippen molar-refractivity contribution in [1.29, 1.82) is 0 Å². The van der Waals surface area contributed by atoms with Crippen LogP contribution < -0.4 is 10.9 Å². The summed E-state index contributed by atoms with van der Waals surface area (Å²) >= 11 is 0. The van der Waals surface area contributed by atoms with Crippen LogP contribution in [0.1, 0.15) is 16.7 Å². The molecule has 1 atom stereocenters. The van der Waals surface area contributed by atoms with E-state index in [4.69, 9.17) is 4.98 Å². The molecule has 1 unspecified atom stereocenters. The average molecular weight is 519 g/mol. The van der Waals surface area contributed by atoms with E-state index < -0.39 is 10.6 Å². The third-order valence-electron chi connectivity index (χ3n) is 6.49. The molecule has 0 bridgehead atoms. The molecule has 0 saturated heterocycles. The maximum Gasteiger partial charge on any atom is 0.278 e. The smallest absolute Gasteiger partial charge is 0.278 e. The van der Waals surface area contributed by atoms with Crippen molar-refractivity contribution in [1.82, 2.24) is 29.2 Å². The largest absolute Gasteiger partial charge is 0.324 e. The van der Waals surface area contributed by atoms with Crippen LogP contribution in [0.4, 0.5) is 17.5 Å². The fraction of sp³-hybridized carbons (Fsp3) is 0.308. The van der Waals surface area contributed by atoms with E-state index in [1.54, 1.807) is 29.0 Å². The normalized spacial score (nSPS) is 14.9. The summed E-state index contributed by atoms with van der Waals surface area (Å²) in [5.41, 5.74) is 5.04. The molecule has 0 spiro atoms. The lowest BCUT2D eigenvalue weighted by Gasteiger charge is -2.14. The SMILES string of the molecule is C=CCn1c(=O)c2cnc(Nc3cc(C)c4c(c3)CCN(C)CC4)nc2n1-c1cccc(/N=[SH](/C)=O)n1. The van der Waals surface area contributed by atoms with Crippen molar-refractivity contribution in [2.24, 2.45) is 4.36 Å². The zero-order chi connectivity index (χ0) is 26.1. The molecule has 4 heterocycles. The lowest BCUT2D eigenvalue weighted by molar-refractivity contribution is 0.352. The van der Waals surface area contributed by atoms with Gasteiger partial charge in [0.2, 0.25) is 5.95 Å². The number of allylic oxidation sites excluding steroid dienone is 1. The minimum atomic E-state index is -1.77. The number of aryl methyl sites for hydroxylation is 1. The number of hydrogen-bond acceptors (Lipinski definition) is 8. The number of hydrogen-bond donors (Lipinski definition) is 2. The topological polar surface area (TPSA) is 110 Å². The molecule has 11 heteroatoms. The van der Waals surface area contributed by atoms with Gasteiger partial charge in [-0.05, 0) is 67.8 Å². The van der Waals surface area contributed by atoms with Gasteiger partial charge in [0.15, 0.2) is 17.3 Å². The Labute approximate surface area is 216 Å². The number of rotatable bonds is 6. The highest BCUT2D eigenvalue weighted by Crippen LogP contribution is 2.26. The van der Waals surface area contributed by atoms with Crippen LogP contribution in [-0.2, 0) is 30.0 Å². The molecule has 4 aromatic rings. The Kier molecular flexibility index (Phi) is 6.90. The van der Waals surface area contributed by atoms with Gasteiger partial charge in [-0.1, -0.05) is 12.1 Å². The number of fused-ring (bicyclic) bond motifs is 2. The van der Waals surface area contributed by atoms with E-state index in [1.165, 1.54) is 33.8 Å². The van der Waals surface area contributed by atoms with E-state index in [1.807, 2.05) is 0 Å². The molecular formula is C26H30N8O2S. The monoisotopic (exact) mass is 518 g/mol. The first-order chi connectivity index (χ1) is 17.8. The highest BCUT2D eigenvalue weighted by Gasteiger charge is 2.19. The van der Waals surface area contributed by atoms with Crippen molar-refractivity contribution < 1.29 is 4.21 Å². The van der Waals surface area contributed by atoms with E-state index in [0.29, 0.717) is 28.6 Å². The number of thiol groups is 1. The van der Waals surface area contributed by atoms with Crippen LogP contribution >= 0.6 is 0 Å². The maximum absolute atomic E-state index is 13.2. The predicted molar refractivity (Wildman–Crippen MR) is 148 cm³/mol. The van der Waals surface area contributed by atoms with Gasteiger partial charge in [0.1, 0.15) is 5.39 Å². The quantitative estimate of drug-likeness (QED) is 0.298. The Hall–Kier alpha value is -3.83. The molecule has 10 nitrogen and oxygen atoms in total. The zero-order valence-corrected chi connectivity index (χ0v) is 22.1. The Balaban J connectivity index is 1.60. The van der Waals surface area contributed by atoms with Crippen LogP contribution in [0.2, 0.25) is 0 Å². The van der Waals surface area contributed by atoms with Gasteiger partial charge in [-0.2, -0.15) is 9.35 Å². The maximum atomic E-state index is 13.2. The van der Waals surface area contributed by atoms with Crippen molar-refractivity contribution in [3.63, 3.8) is 0 Å². The number of benzene rings is 1. The Morgan fingerprint density at radius 3 is 2.81 bits per heavy atom. The van der Waals surface area contributed by atoms with Crippen LogP contribution in [0, 0.1) is 6.92 Å². The van der Waals surface area contributed by atoms with Crippen molar-refractivity contribution in [2.45, 2.75) is 26.3 Å². The second-order valence-electron chi connectivity index (χ2n) is 9.20. The average Bonchev–Trinajstić information content (AvgIpc) is 2.98. The molecule has 1 aliphatic rings.